The predicted octanol–water partition coefficient (Wildman–Crippen LogP) is 4.03. The van der Waals surface area contributed by atoms with Gasteiger partial charge in [0.2, 0.25) is 0 Å². The van der Waals surface area contributed by atoms with Crippen LogP contribution < -0.4 is 0 Å². The molecule has 1 heterocycles. The van der Waals surface area contributed by atoms with Crippen LogP contribution >= 0.6 is 27.7 Å². The maximum absolute atomic E-state index is 4.19. The normalized spacial score (nSPS) is 10.9. The van der Waals surface area contributed by atoms with E-state index in [4.69, 9.17) is 0 Å². The summed E-state index contributed by atoms with van der Waals surface area (Å²) in [5.41, 5.74) is 0. The second-order valence-corrected chi connectivity index (χ2v) is 6.03. The smallest absolute Gasteiger partial charge is 0.185 e. The van der Waals surface area contributed by atoms with Gasteiger partial charge in [0.15, 0.2) is 5.16 Å². The molecule has 1 rings (SSSR count). The molecule has 5 heteroatoms. The van der Waals surface area contributed by atoms with Crippen LogP contribution in [0, 0.1) is 0 Å². The van der Waals surface area contributed by atoms with E-state index in [0.29, 0.717) is 0 Å². The van der Waals surface area contributed by atoms with Gasteiger partial charge in [-0.2, -0.15) is 5.10 Å². The number of hydrogen-bond acceptors (Lipinski definition) is 3. The summed E-state index contributed by atoms with van der Waals surface area (Å²) in [6.07, 6.45) is 11.1. The number of halogens is 1. The molecule has 0 aromatic carbocycles. The molecule has 0 aliphatic carbocycles. The number of aromatic nitrogens is 3. The van der Waals surface area contributed by atoms with Crippen LogP contribution in [0.15, 0.2) is 11.5 Å². The van der Waals surface area contributed by atoms with Crippen molar-refractivity contribution < 1.29 is 0 Å². The van der Waals surface area contributed by atoms with Gasteiger partial charge in [-0.3, -0.25) is 0 Å². The Balaban J connectivity index is 1.86. The zero-order valence-electron chi connectivity index (χ0n) is 10.6. The van der Waals surface area contributed by atoms with E-state index in [0.717, 1.165) is 16.2 Å². The van der Waals surface area contributed by atoms with Gasteiger partial charge < -0.3 is 0 Å². The third kappa shape index (κ3) is 7.09. The highest BCUT2D eigenvalue weighted by molar-refractivity contribution is 9.09. The number of rotatable bonds is 10. The van der Waals surface area contributed by atoms with Crippen molar-refractivity contribution in [2.75, 3.05) is 11.1 Å². The minimum absolute atomic E-state index is 1.03. The molecule has 0 atom stereocenters. The second kappa shape index (κ2) is 9.95. The average Bonchev–Trinajstić information content (AvgIpc) is 2.73. The van der Waals surface area contributed by atoms with E-state index in [9.17, 15) is 0 Å². The van der Waals surface area contributed by atoms with Gasteiger partial charge in [0.05, 0.1) is 0 Å². The topological polar surface area (TPSA) is 30.7 Å². The van der Waals surface area contributed by atoms with Crippen molar-refractivity contribution in [1.29, 1.82) is 0 Å². The van der Waals surface area contributed by atoms with Crippen molar-refractivity contribution >= 4 is 27.7 Å². The Morgan fingerprint density at radius 1 is 1.12 bits per heavy atom. The van der Waals surface area contributed by atoms with Gasteiger partial charge in [0.25, 0.3) is 0 Å². The summed E-state index contributed by atoms with van der Waals surface area (Å²) in [5.74, 6) is 1.16. The van der Waals surface area contributed by atoms with Crippen LogP contribution in [0.2, 0.25) is 0 Å². The van der Waals surface area contributed by atoms with Crippen molar-refractivity contribution in [1.82, 2.24) is 14.8 Å². The molecule has 17 heavy (non-hydrogen) atoms. The van der Waals surface area contributed by atoms with Gasteiger partial charge in [-0.15, -0.1) is 0 Å². The van der Waals surface area contributed by atoms with Crippen molar-refractivity contribution in [3.05, 3.63) is 6.33 Å². The molecule has 98 valence electrons. The van der Waals surface area contributed by atoms with Crippen molar-refractivity contribution in [2.24, 2.45) is 7.05 Å². The van der Waals surface area contributed by atoms with E-state index in [-0.39, 0.29) is 0 Å². The summed E-state index contributed by atoms with van der Waals surface area (Å²) in [5, 5.41) is 6.24. The van der Waals surface area contributed by atoms with E-state index < -0.39 is 0 Å². The largest absolute Gasteiger partial charge is 0.244 e. The van der Waals surface area contributed by atoms with Crippen LogP contribution in [-0.4, -0.2) is 25.8 Å². The van der Waals surface area contributed by atoms with Crippen molar-refractivity contribution in [3.8, 4) is 0 Å². The van der Waals surface area contributed by atoms with E-state index in [1.54, 1.807) is 6.33 Å². The third-order valence-electron chi connectivity index (χ3n) is 2.68. The number of aryl methyl sites for hydroxylation is 1. The molecule has 0 spiro atoms. The minimum atomic E-state index is 1.03. The molecule has 1 aromatic heterocycles. The number of thioether (sulfide) groups is 1. The number of hydrogen-bond donors (Lipinski definition) is 0. The summed E-state index contributed by atoms with van der Waals surface area (Å²) in [4.78, 5) is 4.19. The van der Waals surface area contributed by atoms with Gasteiger partial charge in [-0.05, 0) is 12.8 Å². The number of alkyl halides is 1. The molecule has 0 saturated carbocycles. The Labute approximate surface area is 117 Å². The maximum Gasteiger partial charge on any atom is 0.185 e. The van der Waals surface area contributed by atoms with Crippen LogP contribution in [0.25, 0.3) is 0 Å². The summed E-state index contributed by atoms with van der Waals surface area (Å²) in [6.45, 7) is 0. The van der Waals surface area contributed by atoms with E-state index in [1.165, 1.54) is 44.9 Å². The summed E-state index contributed by atoms with van der Waals surface area (Å²) < 4.78 is 1.84. The molecule has 0 saturated heterocycles. The summed E-state index contributed by atoms with van der Waals surface area (Å²) in [7, 11) is 1.94. The molecule has 0 unspecified atom stereocenters. The van der Waals surface area contributed by atoms with E-state index in [1.807, 2.05) is 23.5 Å². The average molecular weight is 320 g/mol. The fourth-order valence-corrected chi connectivity index (χ4v) is 2.94. The first kappa shape index (κ1) is 15.0. The Morgan fingerprint density at radius 2 is 1.76 bits per heavy atom. The van der Waals surface area contributed by atoms with Gasteiger partial charge in [0.1, 0.15) is 6.33 Å². The van der Waals surface area contributed by atoms with E-state index in [2.05, 4.69) is 26.0 Å². The van der Waals surface area contributed by atoms with E-state index >= 15 is 0 Å². The number of unbranched alkanes of at least 4 members (excludes halogenated alkanes) is 6. The molecule has 0 amide bonds. The zero-order chi connectivity index (χ0) is 12.3. The van der Waals surface area contributed by atoms with Crippen LogP contribution in [0.1, 0.15) is 44.9 Å². The highest BCUT2D eigenvalue weighted by Crippen LogP contribution is 2.16. The fourth-order valence-electron chi connectivity index (χ4n) is 1.66. The zero-order valence-corrected chi connectivity index (χ0v) is 13.0. The number of nitrogens with zero attached hydrogens (tertiary/aromatic N) is 3. The molecule has 0 aliphatic rings. The Hall–Kier alpha value is -0.0300. The van der Waals surface area contributed by atoms with Crippen LogP contribution in [0.4, 0.5) is 0 Å². The van der Waals surface area contributed by atoms with Crippen molar-refractivity contribution in [2.45, 2.75) is 50.1 Å². The van der Waals surface area contributed by atoms with Crippen LogP contribution in [-0.2, 0) is 7.05 Å². The SMILES string of the molecule is Cn1ncnc1SCCCCCCCCCBr. The highest BCUT2D eigenvalue weighted by Gasteiger charge is 2.00. The van der Waals surface area contributed by atoms with Gasteiger partial charge >= 0.3 is 0 Å². The molecular weight excluding hydrogens is 298 g/mol. The summed E-state index contributed by atoms with van der Waals surface area (Å²) in [6, 6.07) is 0. The van der Waals surface area contributed by atoms with Crippen LogP contribution in [0.3, 0.4) is 0 Å². The molecular formula is C12H22BrN3S. The lowest BCUT2D eigenvalue weighted by Crippen LogP contribution is -1.93. The highest BCUT2D eigenvalue weighted by atomic mass is 79.9. The molecule has 0 aliphatic heterocycles. The first-order valence-electron chi connectivity index (χ1n) is 6.37. The lowest BCUT2D eigenvalue weighted by atomic mass is 10.1. The van der Waals surface area contributed by atoms with Crippen LogP contribution in [0.5, 0.6) is 0 Å². The maximum atomic E-state index is 4.19. The fraction of sp³-hybridized carbons (Fsp3) is 0.833. The first-order valence-corrected chi connectivity index (χ1v) is 8.48. The van der Waals surface area contributed by atoms with Gasteiger partial charge in [-0.1, -0.05) is 59.8 Å². The molecule has 0 fully saturated rings. The molecule has 0 bridgehead atoms. The second-order valence-electron chi connectivity index (χ2n) is 4.18. The van der Waals surface area contributed by atoms with Crippen molar-refractivity contribution in [3.63, 3.8) is 0 Å². The summed E-state index contributed by atoms with van der Waals surface area (Å²) >= 11 is 5.27. The van der Waals surface area contributed by atoms with Gasteiger partial charge in [-0.25, -0.2) is 9.67 Å². The lowest BCUT2D eigenvalue weighted by Gasteiger charge is -2.01. The Morgan fingerprint density at radius 3 is 2.35 bits per heavy atom. The standard InChI is InChI=1S/C12H22BrN3S/c1-16-12(14-11-15-16)17-10-8-6-4-2-3-5-7-9-13/h11H,2-10H2,1H3. The molecule has 0 N–H and O–H groups in total. The predicted molar refractivity (Wildman–Crippen MR) is 77.8 cm³/mol. The minimum Gasteiger partial charge on any atom is -0.244 e. The monoisotopic (exact) mass is 319 g/mol. The first-order chi connectivity index (χ1) is 8.34. The Bertz CT molecular complexity index is 291. The third-order valence-corrected chi connectivity index (χ3v) is 4.36. The Kier molecular flexibility index (Phi) is 8.79. The quantitative estimate of drug-likeness (QED) is 0.370. The van der Waals surface area contributed by atoms with Gasteiger partial charge in [0, 0.05) is 18.1 Å². The molecule has 0 radical (unpaired) electrons. The molecule has 1 aromatic rings. The lowest BCUT2D eigenvalue weighted by molar-refractivity contribution is 0.605. The molecule has 3 nitrogen and oxygen atoms in total.